The normalized spacial score (nSPS) is 22.0. The third kappa shape index (κ3) is 32.8. The van der Waals surface area contributed by atoms with Crippen molar-refractivity contribution < 1.29 is 99.6 Å². The summed E-state index contributed by atoms with van der Waals surface area (Å²) in [4.78, 5) is 87.7. The van der Waals surface area contributed by atoms with E-state index in [1.54, 1.807) is 61.6 Å². The van der Waals surface area contributed by atoms with E-state index in [-0.39, 0.29) is 129 Å². The van der Waals surface area contributed by atoms with Crippen molar-refractivity contribution in [3.8, 4) is 0 Å². The molecule has 6 unspecified atom stereocenters. The quantitative estimate of drug-likeness (QED) is 0.0113. The maximum Gasteiger partial charge on any atom is 0.470 e. The van der Waals surface area contributed by atoms with Gasteiger partial charge in [0, 0.05) is 40.0 Å². The van der Waals surface area contributed by atoms with Crippen LogP contribution < -0.4 is 0 Å². The molecular formula is C58H104O22Si8. The molecule has 500 valence electrons. The molecule has 1 fully saturated rings. The molecule has 88 heavy (non-hydrogen) atoms. The Balaban J connectivity index is 4.37. The summed E-state index contributed by atoms with van der Waals surface area (Å²) in [6, 6.07) is 1.68. The molecule has 0 spiro atoms. The highest BCUT2D eigenvalue weighted by atomic mass is 28.6. The first kappa shape index (κ1) is 81.9. The molecule has 0 aromatic rings. The van der Waals surface area contributed by atoms with Crippen molar-refractivity contribution in [1.82, 2.24) is 0 Å². The molecule has 0 aliphatic carbocycles. The molecule has 0 aromatic carbocycles. The molecule has 0 aromatic heterocycles. The lowest BCUT2D eigenvalue weighted by Crippen LogP contribution is -2.70. The summed E-state index contributed by atoms with van der Waals surface area (Å²) in [5, 5.41) is 0. The SMILES string of the molecule is C=C(C)C(=C)OCCC[Si](C)(O[Si](C)(O)CCCOC(=O)C(=C)C)O[Si](C)(CCCOC(=O)C(=C)C)O[Si](C)(CCCOC(=O)C(=C)C)O[Si]1(C)O[Si](C)(CCCOC(=O)C(=C)C)O[Si](C)(CCCOC(=O)C(=C)C)O[Si](C)(CCCOC(=O)C(=C)C)O1. The van der Waals surface area contributed by atoms with Gasteiger partial charge in [0.15, 0.2) is 0 Å². The molecule has 0 radical (unpaired) electrons. The van der Waals surface area contributed by atoms with E-state index in [2.05, 4.69) is 52.6 Å². The number of carbonyl (C=O) groups is 6. The Bertz CT molecular complexity index is 2470. The van der Waals surface area contributed by atoms with E-state index in [4.69, 9.17) is 66.1 Å². The van der Waals surface area contributed by atoms with Crippen LogP contribution in [0.3, 0.4) is 0 Å². The standard InChI is InChI=1S/C58H104O22Si8/c1-45(2)52(15)66-31-25-39-82(17,73-81(16,65)38-24-32-67-53(59)46(3)4)74-83(18,40-26-33-68-54(60)47(5)6)75-85(20,42-28-35-70-56(62)49(9)10)78-88(23)79-86(21,43-29-36-71-57(63)50(11)12)76-84(19,41-27-34-69-55(61)48(7)8)77-87(22,80-88)44-30-37-72-58(64)51(13)14/h65H,1,3,5,7,9,11,13,15,24-44H2,2,4,6,8,10,12,14,16-23H3. The molecule has 1 heterocycles. The molecule has 0 amide bonds. The van der Waals surface area contributed by atoms with Crippen molar-refractivity contribution >= 4 is 105 Å². The van der Waals surface area contributed by atoms with Gasteiger partial charge in [-0.1, -0.05) is 52.6 Å². The third-order valence-corrected chi connectivity index (χ3v) is 48.8. The number of ether oxygens (including phenoxy) is 7. The Kier molecular flexibility index (Phi) is 34.8. The Labute approximate surface area is 533 Å². The molecule has 1 N–H and O–H groups in total. The molecule has 1 rings (SSSR count). The van der Waals surface area contributed by atoms with Crippen molar-refractivity contribution in [2.75, 3.05) is 46.2 Å². The van der Waals surface area contributed by atoms with Gasteiger partial charge in [-0.25, -0.2) is 28.8 Å². The summed E-state index contributed by atoms with van der Waals surface area (Å²) in [6.45, 7) is 56.0. The molecule has 22 nitrogen and oxygen atoms in total. The molecule has 1 aliphatic heterocycles. The van der Waals surface area contributed by atoms with E-state index >= 15 is 0 Å². The molecule has 0 saturated carbocycles. The zero-order valence-corrected chi connectivity index (χ0v) is 63.5. The number of allylic oxidation sites excluding steroid dienone is 1. The first-order chi connectivity index (χ1) is 40.4. The zero-order chi connectivity index (χ0) is 67.5. The van der Waals surface area contributed by atoms with Crippen molar-refractivity contribution in [1.29, 1.82) is 0 Å². The lowest BCUT2D eigenvalue weighted by molar-refractivity contribution is -0.139. The van der Waals surface area contributed by atoms with Crippen LogP contribution >= 0.6 is 0 Å². The summed E-state index contributed by atoms with van der Waals surface area (Å²) in [6.07, 6.45) is 2.10. The highest BCUT2D eigenvalue weighted by Crippen LogP contribution is 2.41. The summed E-state index contributed by atoms with van der Waals surface area (Å²) in [5.74, 6) is -2.98. The van der Waals surface area contributed by atoms with Crippen molar-refractivity contribution in [2.45, 2.75) is 188 Å². The van der Waals surface area contributed by atoms with Crippen molar-refractivity contribution in [3.63, 3.8) is 0 Å². The predicted octanol–water partition coefficient (Wildman–Crippen LogP) is 11.8. The minimum atomic E-state index is -4.25. The van der Waals surface area contributed by atoms with Gasteiger partial charge in [-0.05, 0) is 187 Å². The van der Waals surface area contributed by atoms with Gasteiger partial charge in [0.05, 0.1) is 46.2 Å². The fourth-order valence-electron chi connectivity index (χ4n) is 9.13. The average Bonchev–Trinajstić information content (AvgIpc) is 0.873. The minimum Gasteiger partial charge on any atom is -0.494 e. The molecule has 30 heteroatoms. The van der Waals surface area contributed by atoms with Crippen LogP contribution in [0.1, 0.15) is 93.4 Å². The van der Waals surface area contributed by atoms with Gasteiger partial charge in [0.1, 0.15) is 5.76 Å². The third-order valence-electron chi connectivity index (χ3n) is 13.0. The number of hydrogen-bond donors (Lipinski definition) is 1. The fourth-order valence-corrected chi connectivity index (χ4v) is 52.6. The number of rotatable bonds is 44. The van der Waals surface area contributed by atoms with E-state index in [1.807, 2.05) is 39.3 Å². The highest BCUT2D eigenvalue weighted by Gasteiger charge is 2.61. The second kappa shape index (κ2) is 37.4. The van der Waals surface area contributed by atoms with Crippen LogP contribution in [0.5, 0.6) is 0 Å². The summed E-state index contributed by atoms with van der Waals surface area (Å²) in [5.41, 5.74) is 2.01. The number of carbonyl (C=O) groups excluding carboxylic acids is 6. The first-order valence-corrected chi connectivity index (χ1v) is 49.6. The largest absolute Gasteiger partial charge is 0.494 e. The molecular weight excluding hydrogens is 1270 g/mol. The molecule has 0 bridgehead atoms. The van der Waals surface area contributed by atoms with Gasteiger partial charge < -0.3 is 70.9 Å². The maximum atomic E-state index is 12.8. The van der Waals surface area contributed by atoms with Gasteiger partial charge in [0.25, 0.3) is 0 Å². The Morgan fingerprint density at radius 3 is 0.909 bits per heavy atom. The Morgan fingerprint density at radius 2 is 0.602 bits per heavy atom. The molecule has 1 aliphatic rings. The second-order valence-electron chi connectivity index (χ2n) is 23.9. The van der Waals surface area contributed by atoms with Crippen LogP contribution in [0.15, 0.2) is 97.4 Å². The van der Waals surface area contributed by atoms with E-state index < -0.39 is 105 Å². The fraction of sp³-hybridized carbons (Fsp3) is 0.621. The van der Waals surface area contributed by atoms with Crippen LogP contribution in [0.2, 0.25) is 94.7 Å². The summed E-state index contributed by atoms with van der Waals surface area (Å²) >= 11 is 0. The van der Waals surface area contributed by atoms with Gasteiger partial charge in [-0.15, -0.1) is 0 Å². The highest BCUT2D eigenvalue weighted by molar-refractivity contribution is 6.95. The lowest BCUT2D eigenvalue weighted by atomic mass is 10.3. The summed E-state index contributed by atoms with van der Waals surface area (Å²) < 4.78 is 98.3. The van der Waals surface area contributed by atoms with E-state index in [0.29, 0.717) is 49.1 Å². The molecule has 6 atom stereocenters. The number of esters is 6. The van der Waals surface area contributed by atoms with Gasteiger partial charge in [-0.2, -0.15) is 0 Å². The lowest BCUT2D eigenvalue weighted by Gasteiger charge is -2.51. The van der Waals surface area contributed by atoms with Crippen LogP contribution in [-0.2, 0) is 94.8 Å². The average molecular weight is 1380 g/mol. The van der Waals surface area contributed by atoms with E-state index in [0.717, 1.165) is 0 Å². The minimum absolute atomic E-state index is 0.00545. The Hall–Kier alpha value is -4.08. The van der Waals surface area contributed by atoms with Crippen molar-refractivity contribution in [3.05, 3.63) is 97.4 Å². The van der Waals surface area contributed by atoms with Gasteiger partial charge >= 0.3 is 105 Å². The van der Waals surface area contributed by atoms with Crippen molar-refractivity contribution in [2.24, 2.45) is 0 Å². The monoisotopic (exact) mass is 1380 g/mol. The van der Waals surface area contributed by atoms with Crippen LogP contribution in [0, 0.1) is 0 Å². The summed E-state index contributed by atoms with van der Waals surface area (Å²) in [7, 11) is -30.0. The topological polar surface area (TPSA) is 261 Å². The predicted molar refractivity (Wildman–Crippen MR) is 354 cm³/mol. The zero-order valence-electron chi connectivity index (χ0n) is 55.5. The molecule has 1 saturated heterocycles. The van der Waals surface area contributed by atoms with E-state index in [9.17, 15) is 33.6 Å². The van der Waals surface area contributed by atoms with Crippen LogP contribution in [0.4, 0.5) is 0 Å². The Morgan fingerprint density at radius 1 is 0.352 bits per heavy atom. The van der Waals surface area contributed by atoms with E-state index in [1.165, 1.54) is 0 Å². The first-order valence-electron chi connectivity index (χ1n) is 29.7. The van der Waals surface area contributed by atoms with Gasteiger partial charge in [0.2, 0.25) is 0 Å². The van der Waals surface area contributed by atoms with Gasteiger partial charge in [-0.3, -0.25) is 0 Å². The number of hydrogen-bond acceptors (Lipinski definition) is 22. The smallest absolute Gasteiger partial charge is 0.470 e. The second-order valence-corrected chi connectivity index (χ2v) is 51.6. The van der Waals surface area contributed by atoms with Crippen LogP contribution in [-0.4, -0.2) is 156 Å². The van der Waals surface area contributed by atoms with Crippen LogP contribution in [0.25, 0.3) is 0 Å². The maximum absolute atomic E-state index is 12.8.